The number of nitrogens with zero attached hydrogens (tertiary/aromatic N) is 1. The largest absolute Gasteiger partial charge is 0.394 e. The van der Waals surface area contributed by atoms with Gasteiger partial charge >= 0.3 is 0 Å². The molecule has 84 valence electrons. The second-order valence-electron chi connectivity index (χ2n) is 4.34. The Labute approximate surface area is 90.4 Å². The van der Waals surface area contributed by atoms with Gasteiger partial charge in [-0.1, -0.05) is 13.8 Å². The van der Waals surface area contributed by atoms with Gasteiger partial charge in [-0.05, 0) is 19.8 Å². The lowest BCUT2D eigenvalue weighted by Crippen LogP contribution is -2.24. The molecule has 1 atom stereocenters. The Morgan fingerprint density at radius 1 is 1.27 bits per heavy atom. The third-order valence-corrected chi connectivity index (χ3v) is 2.75. The Kier molecular flexibility index (Phi) is 3.69. The summed E-state index contributed by atoms with van der Waals surface area (Å²) in [5, 5.41) is 9.37. The molecule has 0 spiro atoms. The van der Waals surface area contributed by atoms with Gasteiger partial charge in [-0.15, -0.1) is 0 Å². The molecule has 1 aromatic heterocycles. The molecule has 0 fully saturated rings. The SMILES string of the molecule is Cc1cc(=O)cc(C)n1C(CO)C(C)C. The summed E-state index contributed by atoms with van der Waals surface area (Å²) in [7, 11) is 0. The van der Waals surface area contributed by atoms with E-state index in [4.69, 9.17) is 0 Å². The molecule has 0 aliphatic rings. The Balaban J connectivity index is 3.29. The van der Waals surface area contributed by atoms with Gasteiger partial charge in [0, 0.05) is 23.5 Å². The Hall–Kier alpha value is -1.09. The van der Waals surface area contributed by atoms with Crippen molar-refractivity contribution >= 4 is 0 Å². The van der Waals surface area contributed by atoms with Crippen LogP contribution < -0.4 is 5.43 Å². The summed E-state index contributed by atoms with van der Waals surface area (Å²) in [5.41, 5.74) is 1.85. The molecule has 0 aromatic carbocycles. The van der Waals surface area contributed by atoms with Crippen molar-refractivity contribution < 1.29 is 5.11 Å². The van der Waals surface area contributed by atoms with Crippen LogP contribution in [0.3, 0.4) is 0 Å². The monoisotopic (exact) mass is 209 g/mol. The molecule has 0 amide bonds. The topological polar surface area (TPSA) is 42.2 Å². The van der Waals surface area contributed by atoms with E-state index in [1.807, 2.05) is 18.4 Å². The van der Waals surface area contributed by atoms with Crippen LogP contribution in [0.25, 0.3) is 0 Å². The van der Waals surface area contributed by atoms with Gasteiger partial charge in [0.15, 0.2) is 5.43 Å². The minimum atomic E-state index is 0.0293. The number of rotatable bonds is 3. The van der Waals surface area contributed by atoms with Gasteiger partial charge in [0.1, 0.15) is 0 Å². The predicted molar refractivity (Wildman–Crippen MR) is 61.1 cm³/mol. The average molecular weight is 209 g/mol. The Morgan fingerprint density at radius 2 is 1.73 bits per heavy atom. The molecule has 3 heteroatoms. The molecule has 0 bridgehead atoms. The van der Waals surface area contributed by atoms with Crippen molar-refractivity contribution in [2.75, 3.05) is 6.61 Å². The number of aromatic nitrogens is 1. The van der Waals surface area contributed by atoms with E-state index in [2.05, 4.69) is 13.8 Å². The zero-order valence-corrected chi connectivity index (χ0v) is 9.82. The van der Waals surface area contributed by atoms with Gasteiger partial charge in [-0.2, -0.15) is 0 Å². The first-order chi connectivity index (χ1) is 6.97. The fourth-order valence-electron chi connectivity index (χ4n) is 1.98. The minimum Gasteiger partial charge on any atom is -0.394 e. The van der Waals surface area contributed by atoms with Crippen molar-refractivity contribution in [3.05, 3.63) is 33.7 Å². The van der Waals surface area contributed by atoms with Gasteiger partial charge in [-0.25, -0.2) is 0 Å². The normalized spacial score (nSPS) is 13.2. The second kappa shape index (κ2) is 4.62. The Morgan fingerprint density at radius 3 is 2.07 bits per heavy atom. The first-order valence-electron chi connectivity index (χ1n) is 5.28. The van der Waals surface area contributed by atoms with Crippen LogP contribution in [0.1, 0.15) is 31.3 Å². The molecule has 1 N–H and O–H groups in total. The van der Waals surface area contributed by atoms with Crippen molar-refractivity contribution in [3.63, 3.8) is 0 Å². The summed E-state index contributed by atoms with van der Waals surface area (Å²) in [6, 6.07) is 3.27. The summed E-state index contributed by atoms with van der Waals surface area (Å²) in [6.07, 6.45) is 0. The van der Waals surface area contributed by atoms with E-state index in [0.717, 1.165) is 11.4 Å². The lowest BCUT2D eigenvalue weighted by Gasteiger charge is -2.26. The molecule has 0 aliphatic carbocycles. The van der Waals surface area contributed by atoms with Crippen LogP contribution in [-0.2, 0) is 0 Å². The van der Waals surface area contributed by atoms with E-state index in [9.17, 15) is 9.90 Å². The van der Waals surface area contributed by atoms with E-state index < -0.39 is 0 Å². The van der Waals surface area contributed by atoms with E-state index in [0.29, 0.717) is 5.92 Å². The highest BCUT2D eigenvalue weighted by Gasteiger charge is 2.16. The van der Waals surface area contributed by atoms with Crippen molar-refractivity contribution in [1.29, 1.82) is 0 Å². The maximum Gasteiger partial charge on any atom is 0.182 e. The number of pyridine rings is 1. The number of aliphatic hydroxyl groups excluding tert-OH is 1. The number of hydrogen-bond acceptors (Lipinski definition) is 2. The smallest absolute Gasteiger partial charge is 0.182 e. The van der Waals surface area contributed by atoms with Gasteiger partial charge in [0.05, 0.1) is 12.6 Å². The molecule has 1 heterocycles. The fraction of sp³-hybridized carbons (Fsp3) is 0.583. The standard InChI is InChI=1S/C12H19NO2/c1-8(2)12(7-14)13-9(3)5-11(15)6-10(13)4/h5-6,8,12,14H,7H2,1-4H3. The Bertz CT molecular complexity index is 367. The maximum atomic E-state index is 11.3. The van der Waals surface area contributed by atoms with Crippen LogP contribution in [0.15, 0.2) is 16.9 Å². The second-order valence-corrected chi connectivity index (χ2v) is 4.34. The van der Waals surface area contributed by atoms with Gasteiger partial charge in [0.2, 0.25) is 0 Å². The average Bonchev–Trinajstić information content (AvgIpc) is 2.09. The molecule has 0 saturated heterocycles. The molecular formula is C12H19NO2. The molecule has 0 saturated carbocycles. The van der Waals surface area contributed by atoms with E-state index >= 15 is 0 Å². The van der Waals surface area contributed by atoms with Gasteiger partial charge in [0.25, 0.3) is 0 Å². The zero-order valence-electron chi connectivity index (χ0n) is 9.82. The lowest BCUT2D eigenvalue weighted by molar-refractivity contribution is 0.189. The number of aliphatic hydroxyl groups is 1. The maximum absolute atomic E-state index is 11.3. The molecule has 15 heavy (non-hydrogen) atoms. The lowest BCUT2D eigenvalue weighted by atomic mass is 10.0. The number of hydrogen-bond donors (Lipinski definition) is 1. The summed E-state index contributed by atoms with van der Waals surface area (Å²) in [5.74, 6) is 0.343. The summed E-state index contributed by atoms with van der Waals surface area (Å²) < 4.78 is 2.03. The van der Waals surface area contributed by atoms with Gasteiger partial charge in [-0.3, -0.25) is 4.79 Å². The minimum absolute atomic E-state index is 0.0293. The predicted octanol–water partition coefficient (Wildman–Crippen LogP) is 1.65. The first kappa shape index (κ1) is 12.0. The van der Waals surface area contributed by atoms with Crippen molar-refractivity contribution in [3.8, 4) is 0 Å². The molecule has 1 unspecified atom stereocenters. The third-order valence-electron chi connectivity index (χ3n) is 2.75. The molecule has 1 rings (SSSR count). The van der Waals surface area contributed by atoms with Crippen LogP contribution in [-0.4, -0.2) is 16.3 Å². The van der Waals surface area contributed by atoms with E-state index in [1.54, 1.807) is 12.1 Å². The fourth-order valence-corrected chi connectivity index (χ4v) is 1.98. The quantitative estimate of drug-likeness (QED) is 0.822. The van der Waals surface area contributed by atoms with E-state index in [-0.39, 0.29) is 18.1 Å². The molecule has 1 aromatic rings. The first-order valence-corrected chi connectivity index (χ1v) is 5.28. The van der Waals surface area contributed by atoms with Crippen molar-refractivity contribution in [1.82, 2.24) is 4.57 Å². The van der Waals surface area contributed by atoms with Crippen LogP contribution in [0.4, 0.5) is 0 Å². The molecule has 0 radical (unpaired) electrons. The zero-order chi connectivity index (χ0) is 11.6. The highest BCUT2D eigenvalue weighted by Crippen LogP contribution is 2.20. The van der Waals surface area contributed by atoms with Crippen molar-refractivity contribution in [2.24, 2.45) is 5.92 Å². The van der Waals surface area contributed by atoms with Crippen LogP contribution >= 0.6 is 0 Å². The summed E-state index contributed by atoms with van der Waals surface area (Å²) in [4.78, 5) is 11.3. The highest BCUT2D eigenvalue weighted by molar-refractivity contribution is 5.13. The summed E-state index contributed by atoms with van der Waals surface area (Å²) >= 11 is 0. The van der Waals surface area contributed by atoms with Crippen LogP contribution in [0.5, 0.6) is 0 Å². The van der Waals surface area contributed by atoms with Crippen LogP contribution in [0.2, 0.25) is 0 Å². The van der Waals surface area contributed by atoms with E-state index in [1.165, 1.54) is 0 Å². The highest BCUT2D eigenvalue weighted by atomic mass is 16.3. The summed E-state index contributed by atoms with van der Waals surface area (Å²) in [6.45, 7) is 8.04. The van der Waals surface area contributed by atoms with Gasteiger partial charge < -0.3 is 9.67 Å². The molecule has 3 nitrogen and oxygen atoms in total. The van der Waals surface area contributed by atoms with Crippen LogP contribution in [0, 0.1) is 19.8 Å². The molecular weight excluding hydrogens is 190 g/mol. The third kappa shape index (κ3) is 2.48. The molecule has 0 aliphatic heterocycles. The van der Waals surface area contributed by atoms with Crippen molar-refractivity contribution in [2.45, 2.75) is 33.7 Å². The number of aryl methyl sites for hydroxylation is 2.